The van der Waals surface area contributed by atoms with Crippen LogP contribution in [0.25, 0.3) is 0 Å². The van der Waals surface area contributed by atoms with Crippen molar-refractivity contribution in [3.05, 3.63) is 85.1 Å². The summed E-state index contributed by atoms with van der Waals surface area (Å²) < 4.78 is 22.1. The molecule has 6 atom stereocenters. The Bertz CT molecular complexity index is 1270. The van der Waals surface area contributed by atoms with E-state index in [-0.39, 0.29) is 26.1 Å². The van der Waals surface area contributed by atoms with Crippen LogP contribution in [-0.2, 0) is 28.5 Å². The Morgan fingerprint density at radius 3 is 1.52 bits per heavy atom. The molecule has 0 aromatic heterocycles. The number of esters is 2. The van der Waals surface area contributed by atoms with E-state index in [9.17, 15) is 30.0 Å². The van der Waals surface area contributed by atoms with Crippen LogP contribution >= 0.6 is 0 Å². The first-order chi connectivity index (χ1) is 29.8. The van der Waals surface area contributed by atoms with Crippen LogP contribution in [-0.4, -0.2) is 89.0 Å². The number of rotatable bonds is 38. The summed E-state index contributed by atoms with van der Waals surface area (Å²) in [5.74, 6) is -0.915. The summed E-state index contributed by atoms with van der Waals surface area (Å²) in [6, 6.07) is 0. The predicted molar refractivity (Wildman–Crippen MR) is 247 cm³/mol. The lowest BCUT2D eigenvalue weighted by molar-refractivity contribution is -0.305. The molecule has 1 fully saturated rings. The van der Waals surface area contributed by atoms with Gasteiger partial charge in [0.2, 0.25) is 0 Å². The molecule has 0 saturated carbocycles. The van der Waals surface area contributed by atoms with Crippen LogP contribution in [0.15, 0.2) is 85.1 Å². The van der Waals surface area contributed by atoms with Crippen molar-refractivity contribution in [1.29, 1.82) is 0 Å². The minimum Gasteiger partial charge on any atom is -0.462 e. The van der Waals surface area contributed by atoms with Crippen LogP contribution in [0.4, 0.5) is 0 Å². The normalized spacial score (nSPS) is 20.5. The van der Waals surface area contributed by atoms with Gasteiger partial charge in [-0.05, 0) is 77.0 Å². The number of aliphatic hydroxyl groups is 4. The third kappa shape index (κ3) is 32.3. The fourth-order valence-electron chi connectivity index (χ4n) is 6.56. The summed E-state index contributed by atoms with van der Waals surface area (Å²) in [4.78, 5) is 25.3. The van der Waals surface area contributed by atoms with Crippen molar-refractivity contribution >= 4 is 11.9 Å². The van der Waals surface area contributed by atoms with Gasteiger partial charge in [0.1, 0.15) is 31.0 Å². The highest BCUT2D eigenvalue weighted by Crippen LogP contribution is 2.22. The molecule has 348 valence electrons. The Morgan fingerprint density at radius 1 is 0.525 bits per heavy atom. The van der Waals surface area contributed by atoms with E-state index in [0.717, 1.165) is 64.2 Å². The molecule has 1 saturated heterocycles. The molecule has 0 aliphatic carbocycles. The van der Waals surface area contributed by atoms with E-state index in [1.165, 1.54) is 64.2 Å². The third-order valence-electron chi connectivity index (χ3n) is 10.3. The van der Waals surface area contributed by atoms with E-state index in [1.807, 2.05) is 12.2 Å². The lowest BCUT2D eigenvalue weighted by Gasteiger charge is -2.39. The summed E-state index contributed by atoms with van der Waals surface area (Å²) >= 11 is 0. The first-order valence-corrected chi connectivity index (χ1v) is 23.7. The number of allylic oxidation sites excluding steroid dienone is 14. The molecular formula is C51H84O10. The second-order valence-electron chi connectivity index (χ2n) is 15.8. The predicted octanol–water partition coefficient (Wildman–Crippen LogP) is 10.6. The molecule has 0 amide bonds. The number of hydrogen-bond acceptors (Lipinski definition) is 10. The summed E-state index contributed by atoms with van der Waals surface area (Å²) in [5, 5.41) is 40.1. The molecule has 6 unspecified atom stereocenters. The molecule has 0 aromatic carbocycles. The first kappa shape index (κ1) is 55.9. The highest BCUT2D eigenvalue weighted by Gasteiger charge is 2.44. The molecule has 10 heteroatoms. The van der Waals surface area contributed by atoms with Crippen molar-refractivity contribution in [3.63, 3.8) is 0 Å². The molecule has 1 rings (SSSR count). The summed E-state index contributed by atoms with van der Waals surface area (Å²) in [5.41, 5.74) is 0. The molecule has 61 heavy (non-hydrogen) atoms. The molecule has 4 N–H and O–H groups in total. The van der Waals surface area contributed by atoms with Crippen LogP contribution in [0, 0.1) is 0 Å². The fraction of sp³-hybridized carbons (Fsp3) is 0.686. The van der Waals surface area contributed by atoms with Crippen molar-refractivity contribution in [1.82, 2.24) is 0 Å². The van der Waals surface area contributed by atoms with Crippen LogP contribution in [0.3, 0.4) is 0 Å². The maximum absolute atomic E-state index is 12.8. The van der Waals surface area contributed by atoms with Gasteiger partial charge in [-0.1, -0.05) is 163 Å². The second kappa shape index (κ2) is 40.9. The van der Waals surface area contributed by atoms with Gasteiger partial charge in [0.05, 0.1) is 13.2 Å². The molecule has 1 aliphatic heterocycles. The molecule has 0 aromatic rings. The lowest BCUT2D eigenvalue weighted by Crippen LogP contribution is -2.59. The maximum Gasteiger partial charge on any atom is 0.306 e. The van der Waals surface area contributed by atoms with Crippen molar-refractivity contribution < 1.29 is 49.0 Å². The number of hydrogen-bond donors (Lipinski definition) is 4. The number of carbonyl (C=O) groups is 2. The molecule has 1 heterocycles. The van der Waals surface area contributed by atoms with Crippen molar-refractivity contribution in [3.8, 4) is 0 Å². The Hall–Kier alpha value is -3.12. The van der Waals surface area contributed by atoms with E-state index in [2.05, 4.69) is 86.8 Å². The molecule has 0 bridgehead atoms. The van der Waals surface area contributed by atoms with E-state index in [0.29, 0.717) is 12.8 Å². The SMILES string of the molecule is CC/C=C\C/C=C\C/C=C\C/C=C\C/C=C\C/C=C\CCC(=O)OC(COC(=O)CCCCCCCCC/C=C\CCCCCCCC)COC1OC(CO)C(O)C(O)C1O. The summed E-state index contributed by atoms with van der Waals surface area (Å²) in [6.07, 6.45) is 46.0. The minimum atomic E-state index is -1.61. The number of unbranched alkanes of at least 4 members (excludes halogenated alkanes) is 13. The fourth-order valence-corrected chi connectivity index (χ4v) is 6.56. The summed E-state index contributed by atoms with van der Waals surface area (Å²) in [7, 11) is 0. The molecule has 1 aliphatic rings. The highest BCUT2D eigenvalue weighted by atomic mass is 16.7. The van der Waals surface area contributed by atoms with E-state index < -0.39 is 55.4 Å². The largest absolute Gasteiger partial charge is 0.462 e. The standard InChI is InChI=1S/C51H84O10/c1-3-5-7-9-11-13-15-17-19-21-22-24-26-28-30-32-34-36-38-40-47(54)60-44(43-59-51-50(57)49(56)48(55)45(41-52)61-51)42-58-46(53)39-37-35-33-31-29-27-25-23-20-18-16-14-12-10-8-6-4-2/h5,7,11,13,17-20,22,24,28,30,34,36,44-45,48-52,55-57H,3-4,6,8-10,12,14-16,21,23,25-27,29,31-33,35,37-43H2,1-2H3/b7-5-,13-11-,19-17-,20-18-,24-22-,30-28-,36-34-. The van der Waals surface area contributed by atoms with Crippen LogP contribution < -0.4 is 0 Å². The Kier molecular flexibility index (Phi) is 37.5. The monoisotopic (exact) mass is 857 g/mol. The zero-order valence-electron chi connectivity index (χ0n) is 37.9. The van der Waals surface area contributed by atoms with Crippen molar-refractivity contribution in [2.75, 3.05) is 19.8 Å². The number of ether oxygens (including phenoxy) is 4. The lowest BCUT2D eigenvalue weighted by atomic mass is 9.99. The molecular weight excluding hydrogens is 773 g/mol. The molecule has 0 spiro atoms. The van der Waals surface area contributed by atoms with Crippen LogP contribution in [0.5, 0.6) is 0 Å². The Labute approximate surface area is 369 Å². The second-order valence-corrected chi connectivity index (χ2v) is 15.8. The minimum absolute atomic E-state index is 0.0998. The van der Waals surface area contributed by atoms with E-state index >= 15 is 0 Å². The topological polar surface area (TPSA) is 152 Å². The van der Waals surface area contributed by atoms with Gasteiger partial charge < -0.3 is 39.4 Å². The van der Waals surface area contributed by atoms with Gasteiger partial charge in [0, 0.05) is 12.8 Å². The summed E-state index contributed by atoms with van der Waals surface area (Å²) in [6.45, 7) is 3.22. The van der Waals surface area contributed by atoms with Gasteiger partial charge in [-0.2, -0.15) is 0 Å². The zero-order valence-corrected chi connectivity index (χ0v) is 37.9. The van der Waals surface area contributed by atoms with E-state index in [1.54, 1.807) is 0 Å². The van der Waals surface area contributed by atoms with Gasteiger partial charge >= 0.3 is 11.9 Å². The molecule has 10 nitrogen and oxygen atoms in total. The van der Waals surface area contributed by atoms with E-state index in [4.69, 9.17) is 18.9 Å². The average Bonchev–Trinajstić information content (AvgIpc) is 3.26. The first-order valence-electron chi connectivity index (χ1n) is 23.7. The van der Waals surface area contributed by atoms with Crippen molar-refractivity contribution in [2.24, 2.45) is 0 Å². The Balaban J connectivity index is 2.38. The quantitative estimate of drug-likeness (QED) is 0.0268. The Morgan fingerprint density at radius 2 is 1.00 bits per heavy atom. The van der Waals surface area contributed by atoms with Gasteiger partial charge in [-0.3, -0.25) is 9.59 Å². The van der Waals surface area contributed by atoms with Gasteiger partial charge in [-0.15, -0.1) is 0 Å². The van der Waals surface area contributed by atoms with Gasteiger partial charge in [0.15, 0.2) is 12.4 Å². The highest BCUT2D eigenvalue weighted by molar-refractivity contribution is 5.70. The number of carbonyl (C=O) groups excluding carboxylic acids is 2. The molecule has 0 radical (unpaired) electrons. The van der Waals surface area contributed by atoms with Gasteiger partial charge in [-0.25, -0.2) is 0 Å². The van der Waals surface area contributed by atoms with Crippen molar-refractivity contribution in [2.45, 2.75) is 205 Å². The van der Waals surface area contributed by atoms with Gasteiger partial charge in [0.25, 0.3) is 0 Å². The maximum atomic E-state index is 12.8. The zero-order chi connectivity index (χ0) is 44.4. The average molecular weight is 857 g/mol. The van der Waals surface area contributed by atoms with Crippen LogP contribution in [0.1, 0.15) is 168 Å². The smallest absolute Gasteiger partial charge is 0.306 e. The third-order valence-corrected chi connectivity index (χ3v) is 10.3. The van der Waals surface area contributed by atoms with Crippen LogP contribution in [0.2, 0.25) is 0 Å². The number of aliphatic hydroxyl groups excluding tert-OH is 4.